The molecule has 2 aliphatic heterocycles. The van der Waals surface area contributed by atoms with Crippen LogP contribution in [0.2, 0.25) is 0 Å². The molecule has 5 heteroatoms. The first-order valence-electron chi connectivity index (χ1n) is 17.1. The molecule has 2 aliphatic rings. The largest absolute Gasteiger partial charge is 0.309 e. The molecule has 1 unspecified atom stereocenters. The predicted octanol–water partition coefficient (Wildman–Crippen LogP) is 11.0. The van der Waals surface area contributed by atoms with Gasteiger partial charge in [0.2, 0.25) is 5.95 Å². The van der Waals surface area contributed by atoms with E-state index >= 15 is 4.57 Å². The Morgan fingerprint density at radius 2 is 0.980 bits per heavy atom. The van der Waals surface area contributed by atoms with Gasteiger partial charge in [0.15, 0.2) is 7.14 Å². The number of nitrogens with zero attached hydrogens (tertiary/aromatic N) is 3. The van der Waals surface area contributed by atoms with E-state index in [9.17, 15) is 0 Å². The maximum Gasteiger partial charge on any atom is 0.235 e. The molecule has 0 N–H and O–H groups in total. The molecule has 0 saturated heterocycles. The molecule has 240 valence electrons. The van der Waals surface area contributed by atoms with Crippen LogP contribution in [-0.4, -0.2) is 9.97 Å². The summed E-state index contributed by atoms with van der Waals surface area (Å²) in [5.41, 5.74) is 9.37. The van der Waals surface area contributed by atoms with Gasteiger partial charge in [0.1, 0.15) is 0 Å². The Morgan fingerprint density at radius 3 is 1.67 bits per heavy atom. The molecule has 7 aromatic carbocycles. The standard InChI is InChI=1S/C46H30N3OP/c50-51(35-28-27-31-15-7-8-20-34(31)29-35)43-26-14-11-23-38(43)44-36-21-9-12-24-41(36)49(42-25-13-10-22-37(42)45(44)51)46-47-39(32-16-3-1-4-17-32)30-40(48-46)33-18-5-2-6-19-33/h1-30H. The molecule has 1 aromatic heterocycles. The van der Waals surface area contributed by atoms with Crippen LogP contribution in [0.5, 0.6) is 0 Å². The molecule has 10 rings (SSSR count). The highest BCUT2D eigenvalue weighted by atomic mass is 31.2. The van der Waals surface area contributed by atoms with Gasteiger partial charge in [-0.25, -0.2) is 9.97 Å². The van der Waals surface area contributed by atoms with Gasteiger partial charge in [-0.2, -0.15) is 0 Å². The summed E-state index contributed by atoms with van der Waals surface area (Å²) in [7, 11) is -3.38. The molecule has 1 atom stereocenters. The SMILES string of the molecule is O=P1(c2ccc3ccccc3c2)C2=C(c3ccccc3N(c3nc(-c4ccccc4)cc(-c4ccccc4)n3)c3ccccc32)c2ccccc21. The molecule has 4 nitrogen and oxygen atoms in total. The van der Waals surface area contributed by atoms with Gasteiger partial charge in [0.25, 0.3) is 0 Å². The van der Waals surface area contributed by atoms with Gasteiger partial charge in [-0.05, 0) is 40.6 Å². The number of anilines is 3. The number of rotatable bonds is 4. The van der Waals surface area contributed by atoms with Crippen molar-refractivity contribution in [1.82, 2.24) is 9.97 Å². The van der Waals surface area contributed by atoms with Crippen LogP contribution in [0.25, 0.3) is 44.2 Å². The molecule has 0 aliphatic carbocycles. The van der Waals surface area contributed by atoms with E-state index in [1.54, 1.807) is 0 Å². The third kappa shape index (κ3) is 4.58. The van der Waals surface area contributed by atoms with Crippen molar-refractivity contribution in [3.63, 3.8) is 0 Å². The molecule has 0 radical (unpaired) electrons. The Hall–Kier alpha value is -6.35. The lowest BCUT2D eigenvalue weighted by Gasteiger charge is -2.28. The molecule has 8 aromatic rings. The van der Waals surface area contributed by atoms with Crippen molar-refractivity contribution in [1.29, 1.82) is 0 Å². The molecular formula is C46H30N3OP. The minimum absolute atomic E-state index is 0.546. The summed E-state index contributed by atoms with van der Waals surface area (Å²) in [6, 6.07) is 62.1. The zero-order valence-corrected chi connectivity index (χ0v) is 28.4. The first-order valence-corrected chi connectivity index (χ1v) is 18.8. The van der Waals surface area contributed by atoms with Crippen LogP contribution in [0, 0.1) is 0 Å². The highest BCUT2D eigenvalue weighted by Crippen LogP contribution is 2.68. The van der Waals surface area contributed by atoms with Crippen molar-refractivity contribution < 1.29 is 4.57 Å². The van der Waals surface area contributed by atoms with Gasteiger partial charge in [-0.15, -0.1) is 0 Å². The van der Waals surface area contributed by atoms with Crippen LogP contribution < -0.4 is 15.5 Å². The molecule has 0 saturated carbocycles. The fourth-order valence-electron chi connectivity index (χ4n) is 7.73. The topological polar surface area (TPSA) is 46.1 Å². The first-order chi connectivity index (χ1) is 25.2. The Labute approximate surface area is 296 Å². The maximum atomic E-state index is 16.4. The summed E-state index contributed by atoms with van der Waals surface area (Å²) in [5.74, 6) is 0.546. The van der Waals surface area contributed by atoms with Crippen molar-refractivity contribution in [2.24, 2.45) is 0 Å². The lowest BCUT2D eigenvalue weighted by Crippen LogP contribution is -2.19. The Kier molecular flexibility index (Phi) is 6.74. The molecule has 0 fully saturated rings. The summed E-state index contributed by atoms with van der Waals surface area (Å²) in [5, 5.41) is 4.74. The highest BCUT2D eigenvalue weighted by molar-refractivity contribution is 7.88. The minimum atomic E-state index is -3.38. The zero-order valence-electron chi connectivity index (χ0n) is 27.5. The van der Waals surface area contributed by atoms with E-state index in [0.29, 0.717) is 5.95 Å². The van der Waals surface area contributed by atoms with E-state index < -0.39 is 7.14 Å². The van der Waals surface area contributed by atoms with Crippen LogP contribution in [0.1, 0.15) is 16.7 Å². The number of hydrogen-bond donors (Lipinski definition) is 0. The monoisotopic (exact) mass is 671 g/mol. The zero-order chi connectivity index (χ0) is 33.9. The second-order valence-electron chi connectivity index (χ2n) is 12.9. The van der Waals surface area contributed by atoms with Crippen LogP contribution >= 0.6 is 7.14 Å². The normalized spacial score (nSPS) is 15.9. The van der Waals surface area contributed by atoms with Crippen LogP contribution in [0.3, 0.4) is 0 Å². The average molecular weight is 672 g/mol. The van der Waals surface area contributed by atoms with Crippen LogP contribution in [0.4, 0.5) is 17.3 Å². The Bertz CT molecular complexity index is 2680. The van der Waals surface area contributed by atoms with Gasteiger partial charge >= 0.3 is 0 Å². The molecule has 0 amide bonds. The first kappa shape index (κ1) is 29.6. The van der Waals surface area contributed by atoms with E-state index in [4.69, 9.17) is 9.97 Å². The fourth-order valence-corrected chi connectivity index (χ4v) is 11.0. The van der Waals surface area contributed by atoms with Gasteiger partial charge in [0, 0.05) is 43.8 Å². The lowest BCUT2D eigenvalue weighted by molar-refractivity contribution is 0.593. The smallest absolute Gasteiger partial charge is 0.235 e. The third-order valence-corrected chi connectivity index (χ3v) is 13.2. The number of hydrogen-bond acceptors (Lipinski definition) is 4. The average Bonchev–Trinajstić information content (AvgIpc) is 3.39. The van der Waals surface area contributed by atoms with E-state index in [2.05, 4.69) is 120 Å². The van der Waals surface area contributed by atoms with Crippen molar-refractivity contribution in [3.8, 4) is 22.5 Å². The maximum absolute atomic E-state index is 16.4. The quantitative estimate of drug-likeness (QED) is 0.175. The van der Waals surface area contributed by atoms with Gasteiger partial charge < -0.3 is 4.57 Å². The van der Waals surface area contributed by atoms with E-state index in [0.717, 1.165) is 82.8 Å². The summed E-state index contributed by atoms with van der Waals surface area (Å²) in [6.45, 7) is 0. The van der Waals surface area contributed by atoms with Crippen molar-refractivity contribution in [2.45, 2.75) is 0 Å². The van der Waals surface area contributed by atoms with Gasteiger partial charge in [0.05, 0.1) is 22.8 Å². The number of para-hydroxylation sites is 2. The minimum Gasteiger partial charge on any atom is -0.309 e. The highest BCUT2D eigenvalue weighted by Gasteiger charge is 2.46. The number of aromatic nitrogens is 2. The molecular weight excluding hydrogens is 642 g/mol. The second kappa shape index (κ2) is 11.6. The summed E-state index contributed by atoms with van der Waals surface area (Å²) >= 11 is 0. The lowest BCUT2D eigenvalue weighted by atomic mass is 9.95. The van der Waals surface area contributed by atoms with Crippen LogP contribution in [-0.2, 0) is 4.57 Å². The number of fused-ring (bicyclic) bond motifs is 7. The summed E-state index contributed by atoms with van der Waals surface area (Å²) in [6.07, 6.45) is 0. The molecule has 3 heterocycles. The van der Waals surface area contributed by atoms with Gasteiger partial charge in [-0.3, -0.25) is 4.90 Å². The van der Waals surface area contributed by atoms with Gasteiger partial charge in [-0.1, -0.05) is 158 Å². The van der Waals surface area contributed by atoms with Crippen LogP contribution in [0.15, 0.2) is 182 Å². The van der Waals surface area contributed by atoms with Crippen molar-refractivity contribution in [3.05, 3.63) is 199 Å². The van der Waals surface area contributed by atoms with Crippen molar-refractivity contribution in [2.75, 3.05) is 4.90 Å². The third-order valence-electron chi connectivity index (χ3n) is 10.0. The molecule has 0 spiro atoms. The predicted molar refractivity (Wildman–Crippen MR) is 211 cm³/mol. The Morgan fingerprint density at radius 1 is 0.451 bits per heavy atom. The molecule has 0 bridgehead atoms. The summed E-state index contributed by atoms with van der Waals surface area (Å²) in [4.78, 5) is 12.7. The van der Waals surface area contributed by atoms with Crippen molar-refractivity contribution >= 4 is 56.7 Å². The van der Waals surface area contributed by atoms with E-state index in [1.165, 1.54) is 0 Å². The molecule has 51 heavy (non-hydrogen) atoms. The second-order valence-corrected chi connectivity index (χ2v) is 15.6. The summed E-state index contributed by atoms with van der Waals surface area (Å²) < 4.78 is 16.4. The number of benzene rings is 7. The Balaban J connectivity index is 1.28. The van der Waals surface area contributed by atoms with E-state index in [1.807, 2.05) is 66.7 Å². The van der Waals surface area contributed by atoms with E-state index in [-0.39, 0.29) is 0 Å². The fraction of sp³-hybridized carbons (Fsp3) is 0.